The molecule has 0 saturated heterocycles. The number of hydrogen-bond acceptors (Lipinski definition) is 7. The molecule has 3 aromatic heterocycles. The maximum atomic E-state index is 4.47. The van der Waals surface area contributed by atoms with Crippen LogP contribution in [0.15, 0.2) is 24.1 Å². The standard InChI is InChI=1S/C12H13N7S/c1-3-14-11-16-10(9-4-5-20-8(9)2)17-12(18-11)19-7-13-6-15-19/h4-7H,3H2,1-2H3,(H,14,16,17,18). The molecule has 1 N–H and O–H groups in total. The third-order valence-corrected chi connectivity index (χ3v) is 3.53. The highest BCUT2D eigenvalue weighted by Crippen LogP contribution is 2.25. The first kappa shape index (κ1) is 12.7. The fraction of sp³-hybridized carbons (Fsp3) is 0.250. The molecule has 0 aliphatic rings. The van der Waals surface area contributed by atoms with Crippen LogP contribution < -0.4 is 5.32 Å². The second-order valence-corrected chi connectivity index (χ2v) is 5.16. The summed E-state index contributed by atoms with van der Waals surface area (Å²) in [6, 6.07) is 2.01. The van der Waals surface area contributed by atoms with Crippen molar-refractivity contribution in [2.24, 2.45) is 0 Å². The lowest BCUT2D eigenvalue weighted by Crippen LogP contribution is -2.10. The van der Waals surface area contributed by atoms with Gasteiger partial charge in [0.1, 0.15) is 12.7 Å². The monoisotopic (exact) mass is 287 g/mol. The van der Waals surface area contributed by atoms with Crippen LogP contribution in [0.5, 0.6) is 0 Å². The molecular weight excluding hydrogens is 274 g/mol. The topological polar surface area (TPSA) is 81.4 Å². The Hall–Kier alpha value is -2.35. The fourth-order valence-corrected chi connectivity index (χ4v) is 2.45. The molecular formula is C12H13N7S. The largest absolute Gasteiger partial charge is 0.354 e. The molecule has 3 heterocycles. The Morgan fingerprint density at radius 3 is 2.85 bits per heavy atom. The molecule has 20 heavy (non-hydrogen) atoms. The van der Waals surface area contributed by atoms with Crippen molar-refractivity contribution in [3.8, 4) is 17.3 Å². The summed E-state index contributed by atoms with van der Waals surface area (Å²) in [7, 11) is 0. The molecule has 102 valence electrons. The van der Waals surface area contributed by atoms with Crippen molar-refractivity contribution in [2.75, 3.05) is 11.9 Å². The minimum atomic E-state index is 0.453. The van der Waals surface area contributed by atoms with Crippen LogP contribution in [-0.2, 0) is 0 Å². The molecule has 0 bridgehead atoms. The molecule has 0 saturated carbocycles. The first-order chi connectivity index (χ1) is 9.78. The zero-order valence-corrected chi connectivity index (χ0v) is 11.9. The summed E-state index contributed by atoms with van der Waals surface area (Å²) in [5.41, 5.74) is 1.01. The lowest BCUT2D eigenvalue weighted by atomic mass is 10.2. The maximum absolute atomic E-state index is 4.47. The maximum Gasteiger partial charge on any atom is 0.257 e. The molecule has 0 atom stereocenters. The minimum Gasteiger partial charge on any atom is -0.354 e. The Morgan fingerprint density at radius 1 is 1.30 bits per heavy atom. The molecule has 0 amide bonds. The molecule has 3 aromatic rings. The van der Waals surface area contributed by atoms with Crippen molar-refractivity contribution in [1.82, 2.24) is 29.7 Å². The smallest absolute Gasteiger partial charge is 0.257 e. The van der Waals surface area contributed by atoms with Gasteiger partial charge in [-0.05, 0) is 25.3 Å². The van der Waals surface area contributed by atoms with Crippen LogP contribution >= 0.6 is 11.3 Å². The summed E-state index contributed by atoms with van der Waals surface area (Å²) in [4.78, 5) is 18.3. The van der Waals surface area contributed by atoms with Crippen molar-refractivity contribution >= 4 is 17.3 Å². The van der Waals surface area contributed by atoms with Gasteiger partial charge in [0.25, 0.3) is 5.95 Å². The Balaban J connectivity index is 2.12. The number of anilines is 1. The third-order valence-electron chi connectivity index (χ3n) is 2.68. The zero-order valence-electron chi connectivity index (χ0n) is 11.1. The van der Waals surface area contributed by atoms with Crippen LogP contribution in [0.2, 0.25) is 0 Å². The zero-order chi connectivity index (χ0) is 13.9. The lowest BCUT2D eigenvalue weighted by Gasteiger charge is -2.07. The summed E-state index contributed by atoms with van der Waals surface area (Å²) < 4.78 is 1.52. The van der Waals surface area contributed by atoms with Crippen molar-refractivity contribution in [3.05, 3.63) is 29.0 Å². The van der Waals surface area contributed by atoms with Crippen LogP contribution in [-0.4, -0.2) is 36.3 Å². The summed E-state index contributed by atoms with van der Waals surface area (Å²) in [6.45, 7) is 4.78. The van der Waals surface area contributed by atoms with E-state index in [-0.39, 0.29) is 0 Å². The van der Waals surface area contributed by atoms with Crippen LogP contribution in [0.25, 0.3) is 17.3 Å². The first-order valence-corrected chi connectivity index (χ1v) is 7.05. The number of thiophene rings is 1. The van der Waals surface area contributed by atoms with Gasteiger partial charge in [-0.2, -0.15) is 24.7 Å². The minimum absolute atomic E-state index is 0.453. The third kappa shape index (κ3) is 2.37. The van der Waals surface area contributed by atoms with Crippen LogP contribution in [0, 0.1) is 6.92 Å². The summed E-state index contributed by atoms with van der Waals surface area (Å²) in [6.07, 6.45) is 3.02. The quantitative estimate of drug-likeness (QED) is 0.789. The molecule has 7 nitrogen and oxygen atoms in total. The Labute approximate surface area is 119 Å². The van der Waals surface area contributed by atoms with E-state index in [0.29, 0.717) is 17.7 Å². The average Bonchev–Trinajstić information content (AvgIpc) is 3.09. The molecule has 0 radical (unpaired) electrons. The summed E-state index contributed by atoms with van der Waals surface area (Å²) in [5, 5.41) is 9.20. The highest BCUT2D eigenvalue weighted by molar-refractivity contribution is 7.10. The predicted molar refractivity (Wildman–Crippen MR) is 77.0 cm³/mol. The molecule has 0 fully saturated rings. The molecule has 3 rings (SSSR count). The summed E-state index contributed by atoms with van der Waals surface area (Å²) in [5.74, 6) is 1.63. The van der Waals surface area contributed by atoms with E-state index in [4.69, 9.17) is 0 Å². The van der Waals surface area contributed by atoms with Gasteiger partial charge in [0.05, 0.1) is 0 Å². The van der Waals surface area contributed by atoms with E-state index in [2.05, 4.69) is 30.4 Å². The van der Waals surface area contributed by atoms with Gasteiger partial charge in [-0.3, -0.25) is 0 Å². The fourth-order valence-electron chi connectivity index (χ4n) is 1.75. The van der Waals surface area contributed by atoms with E-state index in [1.165, 1.54) is 15.9 Å². The van der Waals surface area contributed by atoms with E-state index >= 15 is 0 Å². The van der Waals surface area contributed by atoms with E-state index in [1.54, 1.807) is 17.7 Å². The van der Waals surface area contributed by atoms with Gasteiger partial charge in [0, 0.05) is 17.0 Å². The first-order valence-electron chi connectivity index (χ1n) is 6.17. The lowest BCUT2D eigenvalue weighted by molar-refractivity contribution is 0.796. The second kappa shape index (κ2) is 5.33. The van der Waals surface area contributed by atoms with Crippen LogP contribution in [0.4, 0.5) is 5.95 Å². The SMILES string of the molecule is CCNc1nc(-c2ccsc2C)nc(-n2cncn2)n1. The summed E-state index contributed by atoms with van der Waals surface area (Å²) >= 11 is 1.67. The van der Waals surface area contributed by atoms with Crippen molar-refractivity contribution in [2.45, 2.75) is 13.8 Å². The number of nitrogens with zero attached hydrogens (tertiary/aromatic N) is 6. The Bertz CT molecular complexity index is 704. The predicted octanol–water partition coefficient (Wildman–Crippen LogP) is 1.92. The van der Waals surface area contributed by atoms with Crippen LogP contribution in [0.1, 0.15) is 11.8 Å². The second-order valence-electron chi connectivity index (χ2n) is 4.04. The highest BCUT2D eigenvalue weighted by Gasteiger charge is 2.12. The van der Waals surface area contributed by atoms with E-state index < -0.39 is 0 Å². The molecule has 8 heteroatoms. The molecule has 0 unspecified atom stereocenters. The van der Waals surface area contributed by atoms with Crippen molar-refractivity contribution in [1.29, 1.82) is 0 Å². The van der Waals surface area contributed by atoms with Crippen molar-refractivity contribution < 1.29 is 0 Å². The van der Waals surface area contributed by atoms with Gasteiger partial charge in [-0.15, -0.1) is 11.3 Å². The average molecular weight is 287 g/mol. The van der Waals surface area contributed by atoms with Crippen LogP contribution in [0.3, 0.4) is 0 Å². The van der Waals surface area contributed by atoms with Gasteiger partial charge in [-0.25, -0.2) is 4.98 Å². The van der Waals surface area contributed by atoms with E-state index in [9.17, 15) is 0 Å². The van der Waals surface area contributed by atoms with E-state index in [1.807, 2.05) is 25.3 Å². The highest BCUT2D eigenvalue weighted by atomic mass is 32.1. The van der Waals surface area contributed by atoms with Gasteiger partial charge >= 0.3 is 0 Å². The van der Waals surface area contributed by atoms with Gasteiger partial charge < -0.3 is 5.32 Å². The number of nitrogens with one attached hydrogen (secondary N) is 1. The van der Waals surface area contributed by atoms with E-state index in [0.717, 1.165) is 12.1 Å². The molecule has 0 aliphatic carbocycles. The molecule has 0 spiro atoms. The number of rotatable bonds is 4. The normalized spacial score (nSPS) is 10.7. The molecule has 0 aromatic carbocycles. The number of aryl methyl sites for hydroxylation is 1. The number of hydrogen-bond donors (Lipinski definition) is 1. The molecule has 0 aliphatic heterocycles. The van der Waals surface area contributed by atoms with Gasteiger partial charge in [0.15, 0.2) is 5.82 Å². The Kier molecular flexibility index (Phi) is 3.38. The number of aromatic nitrogens is 6. The van der Waals surface area contributed by atoms with Gasteiger partial charge in [-0.1, -0.05) is 0 Å². The Morgan fingerprint density at radius 2 is 2.20 bits per heavy atom. The van der Waals surface area contributed by atoms with Crippen molar-refractivity contribution in [3.63, 3.8) is 0 Å². The van der Waals surface area contributed by atoms with Gasteiger partial charge in [0.2, 0.25) is 5.95 Å².